The molecule has 0 aromatic heterocycles. The van der Waals surface area contributed by atoms with Gasteiger partial charge in [-0.15, -0.1) is 17.0 Å². The summed E-state index contributed by atoms with van der Waals surface area (Å²) in [5.74, 6) is 0. The summed E-state index contributed by atoms with van der Waals surface area (Å²) < 4.78 is 0. The van der Waals surface area contributed by atoms with Crippen molar-refractivity contribution < 1.29 is 0 Å². The van der Waals surface area contributed by atoms with Crippen molar-refractivity contribution in [3.8, 4) is 0 Å². The Morgan fingerprint density at radius 2 is 1.14 bits per heavy atom. The number of hydrogen-bond donors (Lipinski definition) is 0. The van der Waals surface area contributed by atoms with E-state index >= 15 is 0 Å². The minimum atomic E-state index is 0. The molecule has 0 fully saturated rings. The smallest absolute Gasteiger partial charge is 0.0536 e. The van der Waals surface area contributed by atoms with Crippen molar-refractivity contribution in [3.63, 3.8) is 0 Å². The van der Waals surface area contributed by atoms with Crippen LogP contribution in [-0.4, -0.2) is 0 Å². The van der Waals surface area contributed by atoms with Crippen LogP contribution >= 0.6 is 17.0 Å². The average Bonchev–Trinajstić information content (AvgIpc) is 1.61. The molecule has 0 aliphatic heterocycles. The van der Waals surface area contributed by atoms with Crippen LogP contribution in [0.2, 0.25) is 0 Å². The van der Waals surface area contributed by atoms with E-state index < -0.39 is 0 Å². The van der Waals surface area contributed by atoms with Gasteiger partial charge in [-0.05, 0) is 0 Å². The lowest BCUT2D eigenvalue weighted by Gasteiger charge is -1.86. The molecule has 0 aliphatic carbocycles. The average molecular weight is 167 g/mol. The molecule has 0 bridgehead atoms. The maximum absolute atomic E-state index is 2.23. The summed E-state index contributed by atoms with van der Waals surface area (Å²) in [5, 5.41) is 0. The minimum absolute atomic E-state index is 0. The van der Waals surface area contributed by atoms with E-state index in [0.717, 1.165) is 0 Å². The highest BCUT2D eigenvalue weighted by molar-refractivity contribution is 8.93. The maximum Gasteiger partial charge on any atom is -0.0536 e. The summed E-state index contributed by atoms with van der Waals surface area (Å²) in [6.45, 7) is 4.46. The first kappa shape index (κ1) is 10.5. The van der Waals surface area contributed by atoms with Gasteiger partial charge in [-0.2, -0.15) is 0 Å². The highest BCUT2D eigenvalue weighted by atomic mass is 79.9. The molecule has 0 saturated carbocycles. The summed E-state index contributed by atoms with van der Waals surface area (Å²) in [6, 6.07) is 0. The molecule has 0 aliphatic rings. The molecule has 0 aromatic carbocycles. The summed E-state index contributed by atoms with van der Waals surface area (Å²) >= 11 is 0. The molecule has 7 heavy (non-hydrogen) atoms. The quantitative estimate of drug-likeness (QED) is 0.566. The van der Waals surface area contributed by atoms with E-state index in [0.29, 0.717) is 0 Å². The molecular weight excluding hydrogens is 152 g/mol. The fourth-order valence-corrected chi connectivity index (χ4v) is 0.500. The maximum atomic E-state index is 2.23. The second-order valence-electron chi connectivity index (χ2n) is 1.71. The predicted molar refractivity (Wildman–Crippen MR) is 40.1 cm³/mol. The van der Waals surface area contributed by atoms with E-state index in [9.17, 15) is 0 Å². The first-order valence-electron chi connectivity index (χ1n) is 2.91. The monoisotopic (exact) mass is 166 g/mol. The summed E-state index contributed by atoms with van der Waals surface area (Å²) in [4.78, 5) is 0. The summed E-state index contributed by atoms with van der Waals surface area (Å²) in [6.07, 6.45) is 5.54. The highest BCUT2D eigenvalue weighted by Crippen LogP contribution is 1.95. The minimum Gasteiger partial charge on any atom is -0.114 e. The van der Waals surface area contributed by atoms with Crippen molar-refractivity contribution in [2.24, 2.45) is 0 Å². The van der Waals surface area contributed by atoms with Crippen molar-refractivity contribution in [1.82, 2.24) is 0 Å². The Morgan fingerprint density at radius 1 is 0.857 bits per heavy atom. The van der Waals surface area contributed by atoms with Gasteiger partial charge >= 0.3 is 0 Å². The highest BCUT2D eigenvalue weighted by Gasteiger charge is 1.75. The third-order valence-electron chi connectivity index (χ3n) is 0.957. The van der Waals surface area contributed by atoms with E-state index in [2.05, 4.69) is 13.8 Å². The van der Waals surface area contributed by atoms with Crippen LogP contribution < -0.4 is 0 Å². The van der Waals surface area contributed by atoms with Gasteiger partial charge in [-0.25, -0.2) is 0 Å². The lowest BCUT2D eigenvalue weighted by molar-refractivity contribution is 0.702. The SMILES string of the molecule is Br.CCCCCC. The lowest BCUT2D eigenvalue weighted by atomic mass is 10.2. The van der Waals surface area contributed by atoms with Crippen LogP contribution in [0.1, 0.15) is 39.5 Å². The molecule has 0 atom stereocenters. The van der Waals surface area contributed by atoms with Gasteiger partial charge in [0.25, 0.3) is 0 Å². The van der Waals surface area contributed by atoms with Crippen molar-refractivity contribution in [3.05, 3.63) is 0 Å². The Kier molecular flexibility index (Phi) is 14.5. The molecular formula is C6H15Br. The Morgan fingerprint density at radius 3 is 1.29 bits per heavy atom. The Bertz CT molecular complexity index is 16.1. The van der Waals surface area contributed by atoms with Crippen molar-refractivity contribution in [1.29, 1.82) is 0 Å². The molecule has 0 unspecified atom stereocenters. The zero-order valence-electron chi connectivity index (χ0n) is 5.24. The molecule has 0 N–H and O–H groups in total. The molecule has 0 saturated heterocycles. The standard InChI is InChI=1S/C6H14.BrH/c1-3-5-6-4-2;/h3-6H2,1-2H3;1H. The second-order valence-corrected chi connectivity index (χ2v) is 1.71. The topological polar surface area (TPSA) is 0 Å². The van der Waals surface area contributed by atoms with E-state index in [1.54, 1.807) is 0 Å². The van der Waals surface area contributed by atoms with Crippen LogP contribution in [0.3, 0.4) is 0 Å². The summed E-state index contributed by atoms with van der Waals surface area (Å²) in [7, 11) is 0. The lowest BCUT2D eigenvalue weighted by Crippen LogP contribution is -1.66. The van der Waals surface area contributed by atoms with Gasteiger partial charge in [0, 0.05) is 0 Å². The van der Waals surface area contributed by atoms with Crippen LogP contribution in [0.4, 0.5) is 0 Å². The van der Waals surface area contributed by atoms with E-state index in [4.69, 9.17) is 0 Å². The van der Waals surface area contributed by atoms with Crippen molar-refractivity contribution >= 4 is 17.0 Å². The van der Waals surface area contributed by atoms with Gasteiger partial charge in [-0.3, -0.25) is 0 Å². The Hall–Kier alpha value is 0.480. The largest absolute Gasteiger partial charge is 0.114 e. The van der Waals surface area contributed by atoms with Crippen LogP contribution in [0, 0.1) is 0 Å². The van der Waals surface area contributed by atoms with E-state index in [-0.39, 0.29) is 17.0 Å². The first-order valence-corrected chi connectivity index (χ1v) is 2.91. The zero-order chi connectivity index (χ0) is 4.83. The predicted octanol–water partition coefficient (Wildman–Crippen LogP) is 3.16. The Balaban J connectivity index is 0. The number of hydrogen-bond acceptors (Lipinski definition) is 0. The van der Waals surface area contributed by atoms with Gasteiger partial charge in [0.05, 0.1) is 0 Å². The molecule has 0 radical (unpaired) electrons. The zero-order valence-corrected chi connectivity index (χ0v) is 6.95. The van der Waals surface area contributed by atoms with E-state index in [1.807, 2.05) is 0 Å². The molecule has 0 rings (SSSR count). The van der Waals surface area contributed by atoms with Gasteiger partial charge in [0.1, 0.15) is 0 Å². The van der Waals surface area contributed by atoms with Crippen LogP contribution in [0.25, 0.3) is 0 Å². The van der Waals surface area contributed by atoms with Crippen LogP contribution in [0.15, 0.2) is 0 Å². The van der Waals surface area contributed by atoms with Crippen LogP contribution in [0.5, 0.6) is 0 Å². The molecule has 0 amide bonds. The molecule has 0 heterocycles. The van der Waals surface area contributed by atoms with Gasteiger partial charge in [0.2, 0.25) is 0 Å². The molecule has 0 nitrogen and oxygen atoms in total. The van der Waals surface area contributed by atoms with Gasteiger partial charge < -0.3 is 0 Å². The van der Waals surface area contributed by atoms with Gasteiger partial charge in [-0.1, -0.05) is 39.5 Å². The third-order valence-corrected chi connectivity index (χ3v) is 0.957. The van der Waals surface area contributed by atoms with Crippen LogP contribution in [-0.2, 0) is 0 Å². The third kappa shape index (κ3) is 10.7. The molecule has 0 spiro atoms. The summed E-state index contributed by atoms with van der Waals surface area (Å²) in [5.41, 5.74) is 0. The Labute approximate surface area is 57.1 Å². The second kappa shape index (κ2) is 9.70. The number of unbranched alkanes of at least 4 members (excludes halogenated alkanes) is 3. The molecule has 0 aromatic rings. The fraction of sp³-hybridized carbons (Fsp3) is 1.00. The molecule has 46 valence electrons. The van der Waals surface area contributed by atoms with E-state index in [1.165, 1.54) is 25.7 Å². The van der Waals surface area contributed by atoms with Gasteiger partial charge in [0.15, 0.2) is 0 Å². The van der Waals surface area contributed by atoms with Crippen molar-refractivity contribution in [2.45, 2.75) is 39.5 Å². The fourth-order valence-electron chi connectivity index (χ4n) is 0.500. The first-order chi connectivity index (χ1) is 2.91. The number of rotatable bonds is 3. The number of halogens is 1. The van der Waals surface area contributed by atoms with Crippen molar-refractivity contribution in [2.75, 3.05) is 0 Å². The normalized spacial score (nSPS) is 7.71. The molecule has 1 heteroatoms.